The maximum Gasteiger partial charge on any atom is 0.251 e. The van der Waals surface area contributed by atoms with E-state index >= 15 is 0 Å². The zero-order valence-corrected chi connectivity index (χ0v) is 15.8. The SMILES string of the molecule is Cn1nccc1-c1cncc(CNC(=O)c2cccc(Oc3ccccn3)c2)c1. The number of nitrogens with zero attached hydrogens (tertiary/aromatic N) is 4. The van der Waals surface area contributed by atoms with Crippen LogP contribution < -0.4 is 10.1 Å². The van der Waals surface area contributed by atoms with E-state index in [0.29, 0.717) is 23.7 Å². The van der Waals surface area contributed by atoms with Gasteiger partial charge in [0.2, 0.25) is 5.88 Å². The van der Waals surface area contributed by atoms with Crippen molar-refractivity contribution in [2.45, 2.75) is 6.54 Å². The predicted molar refractivity (Wildman–Crippen MR) is 108 cm³/mol. The van der Waals surface area contributed by atoms with E-state index in [-0.39, 0.29) is 5.91 Å². The minimum absolute atomic E-state index is 0.192. The smallest absolute Gasteiger partial charge is 0.251 e. The molecule has 0 atom stereocenters. The van der Waals surface area contributed by atoms with E-state index in [4.69, 9.17) is 4.74 Å². The topological polar surface area (TPSA) is 81.9 Å². The van der Waals surface area contributed by atoms with Gasteiger partial charge in [-0.25, -0.2) is 4.98 Å². The van der Waals surface area contributed by atoms with Crippen molar-refractivity contribution < 1.29 is 9.53 Å². The van der Waals surface area contributed by atoms with Gasteiger partial charge in [-0.3, -0.25) is 14.5 Å². The zero-order valence-electron chi connectivity index (χ0n) is 15.8. The van der Waals surface area contributed by atoms with Crippen LogP contribution in [0.25, 0.3) is 11.3 Å². The number of hydrogen-bond donors (Lipinski definition) is 1. The van der Waals surface area contributed by atoms with Crippen LogP contribution in [0.2, 0.25) is 0 Å². The van der Waals surface area contributed by atoms with Crippen LogP contribution in [0.3, 0.4) is 0 Å². The third kappa shape index (κ3) is 4.47. The maximum absolute atomic E-state index is 12.6. The van der Waals surface area contributed by atoms with Crippen LogP contribution in [-0.4, -0.2) is 25.7 Å². The Morgan fingerprint density at radius 2 is 2.00 bits per heavy atom. The van der Waals surface area contributed by atoms with Gasteiger partial charge < -0.3 is 10.1 Å². The Morgan fingerprint density at radius 3 is 2.79 bits per heavy atom. The number of aryl methyl sites for hydroxylation is 1. The van der Waals surface area contributed by atoms with Crippen LogP contribution >= 0.6 is 0 Å². The van der Waals surface area contributed by atoms with E-state index < -0.39 is 0 Å². The Bertz CT molecular complexity index is 1120. The number of ether oxygens (including phenoxy) is 1. The lowest BCUT2D eigenvalue weighted by molar-refractivity contribution is 0.0950. The standard InChI is InChI=1S/C22H19N5O2/c1-27-20(8-10-26-27)18-11-16(13-23-15-18)14-25-22(28)17-5-4-6-19(12-17)29-21-7-2-3-9-24-21/h2-13,15H,14H2,1H3,(H,25,28). The molecule has 0 unspecified atom stereocenters. The molecule has 0 saturated heterocycles. The number of hydrogen-bond acceptors (Lipinski definition) is 5. The van der Waals surface area contributed by atoms with Gasteiger partial charge in [0, 0.05) is 55.6 Å². The molecule has 4 aromatic rings. The third-order valence-corrected chi connectivity index (χ3v) is 4.32. The summed E-state index contributed by atoms with van der Waals surface area (Å²) in [7, 11) is 1.88. The molecule has 0 saturated carbocycles. The van der Waals surface area contributed by atoms with Crippen molar-refractivity contribution in [3.05, 3.63) is 90.5 Å². The molecule has 1 aromatic carbocycles. The van der Waals surface area contributed by atoms with Gasteiger partial charge in [-0.1, -0.05) is 12.1 Å². The third-order valence-electron chi connectivity index (χ3n) is 4.32. The van der Waals surface area contributed by atoms with Gasteiger partial charge in [-0.2, -0.15) is 5.10 Å². The van der Waals surface area contributed by atoms with Gasteiger partial charge in [0.15, 0.2) is 0 Å². The molecule has 1 amide bonds. The highest BCUT2D eigenvalue weighted by molar-refractivity contribution is 5.94. The summed E-state index contributed by atoms with van der Waals surface area (Å²) in [5.41, 5.74) is 3.32. The number of rotatable bonds is 6. The van der Waals surface area contributed by atoms with Gasteiger partial charge >= 0.3 is 0 Å². The molecule has 7 nitrogen and oxygen atoms in total. The van der Waals surface area contributed by atoms with Crippen molar-refractivity contribution in [2.24, 2.45) is 7.05 Å². The highest BCUT2D eigenvalue weighted by Crippen LogP contribution is 2.21. The first-order chi connectivity index (χ1) is 14.2. The van der Waals surface area contributed by atoms with Crippen LogP contribution in [0.15, 0.2) is 79.4 Å². The molecule has 144 valence electrons. The van der Waals surface area contributed by atoms with Gasteiger partial charge in [-0.05, 0) is 42.0 Å². The molecular formula is C22H19N5O2. The van der Waals surface area contributed by atoms with Crippen LogP contribution in [0.5, 0.6) is 11.6 Å². The Morgan fingerprint density at radius 1 is 1.07 bits per heavy atom. The molecule has 0 aliphatic heterocycles. The van der Waals surface area contributed by atoms with Gasteiger partial charge in [-0.15, -0.1) is 0 Å². The van der Waals surface area contributed by atoms with Crippen molar-refractivity contribution >= 4 is 5.91 Å². The quantitative estimate of drug-likeness (QED) is 0.548. The molecule has 0 fully saturated rings. The second kappa shape index (κ2) is 8.35. The summed E-state index contributed by atoms with van der Waals surface area (Å²) < 4.78 is 7.48. The fraction of sp³-hybridized carbons (Fsp3) is 0.0909. The van der Waals surface area contributed by atoms with Crippen LogP contribution in [0.4, 0.5) is 0 Å². The van der Waals surface area contributed by atoms with E-state index in [1.165, 1.54) is 0 Å². The fourth-order valence-corrected chi connectivity index (χ4v) is 2.89. The summed E-state index contributed by atoms with van der Waals surface area (Å²) in [4.78, 5) is 21.0. The summed E-state index contributed by atoms with van der Waals surface area (Å²) in [5.74, 6) is 0.835. The van der Waals surface area contributed by atoms with E-state index in [0.717, 1.165) is 16.8 Å². The lowest BCUT2D eigenvalue weighted by atomic mass is 10.1. The van der Waals surface area contributed by atoms with Gasteiger partial charge in [0.1, 0.15) is 5.75 Å². The average Bonchev–Trinajstić information content (AvgIpc) is 3.19. The van der Waals surface area contributed by atoms with Crippen molar-refractivity contribution in [3.8, 4) is 22.9 Å². The Labute approximate surface area is 168 Å². The van der Waals surface area contributed by atoms with Gasteiger partial charge in [0.05, 0.1) is 5.69 Å². The Balaban J connectivity index is 1.43. The fourth-order valence-electron chi connectivity index (χ4n) is 2.89. The lowest BCUT2D eigenvalue weighted by Crippen LogP contribution is -2.22. The van der Waals surface area contributed by atoms with E-state index in [1.807, 2.05) is 31.3 Å². The van der Waals surface area contributed by atoms with Crippen molar-refractivity contribution in [1.82, 2.24) is 25.1 Å². The highest BCUT2D eigenvalue weighted by atomic mass is 16.5. The molecular weight excluding hydrogens is 366 g/mol. The number of benzene rings is 1. The highest BCUT2D eigenvalue weighted by Gasteiger charge is 2.09. The first-order valence-electron chi connectivity index (χ1n) is 9.08. The lowest BCUT2D eigenvalue weighted by Gasteiger charge is -2.09. The van der Waals surface area contributed by atoms with Crippen LogP contribution in [-0.2, 0) is 13.6 Å². The van der Waals surface area contributed by atoms with E-state index in [2.05, 4.69) is 20.4 Å². The Hall–Kier alpha value is -4.00. The summed E-state index contributed by atoms with van der Waals surface area (Å²) in [6.45, 7) is 0.364. The summed E-state index contributed by atoms with van der Waals surface area (Å²) in [5, 5.41) is 7.10. The van der Waals surface area contributed by atoms with Crippen molar-refractivity contribution in [3.63, 3.8) is 0 Å². The molecule has 4 rings (SSSR count). The molecule has 0 radical (unpaired) electrons. The molecule has 0 bridgehead atoms. The molecule has 0 aliphatic carbocycles. The maximum atomic E-state index is 12.6. The van der Waals surface area contributed by atoms with Crippen molar-refractivity contribution in [1.29, 1.82) is 0 Å². The van der Waals surface area contributed by atoms with Crippen molar-refractivity contribution in [2.75, 3.05) is 0 Å². The molecule has 29 heavy (non-hydrogen) atoms. The average molecular weight is 385 g/mol. The molecule has 0 aliphatic rings. The predicted octanol–water partition coefficient (Wildman–Crippen LogP) is 3.60. The molecule has 0 spiro atoms. The minimum Gasteiger partial charge on any atom is -0.439 e. The monoisotopic (exact) mass is 385 g/mol. The number of aromatic nitrogens is 4. The summed E-state index contributed by atoms with van der Waals surface area (Å²) in [6, 6.07) is 16.3. The molecule has 7 heteroatoms. The van der Waals surface area contributed by atoms with Gasteiger partial charge in [0.25, 0.3) is 5.91 Å². The van der Waals surface area contributed by atoms with E-state index in [1.54, 1.807) is 59.8 Å². The number of nitrogens with one attached hydrogen (secondary N) is 1. The molecule has 3 heterocycles. The number of carbonyl (C=O) groups is 1. The largest absolute Gasteiger partial charge is 0.439 e. The second-order valence-corrected chi connectivity index (χ2v) is 6.40. The Kier molecular flexibility index (Phi) is 5.29. The molecule has 1 N–H and O–H groups in total. The number of amides is 1. The first-order valence-corrected chi connectivity index (χ1v) is 9.08. The normalized spacial score (nSPS) is 10.5. The van der Waals surface area contributed by atoms with E-state index in [9.17, 15) is 4.79 Å². The zero-order chi connectivity index (χ0) is 20.1. The number of pyridine rings is 2. The van der Waals surface area contributed by atoms with Crippen LogP contribution in [0.1, 0.15) is 15.9 Å². The summed E-state index contributed by atoms with van der Waals surface area (Å²) in [6.07, 6.45) is 6.91. The second-order valence-electron chi connectivity index (χ2n) is 6.40. The summed E-state index contributed by atoms with van der Waals surface area (Å²) >= 11 is 0. The first kappa shape index (κ1) is 18.4. The minimum atomic E-state index is -0.192. The molecule has 3 aromatic heterocycles. The number of carbonyl (C=O) groups excluding carboxylic acids is 1. The van der Waals surface area contributed by atoms with Crippen LogP contribution in [0, 0.1) is 0 Å².